The molecular formula is C17H23NO. The van der Waals surface area contributed by atoms with E-state index in [1.54, 1.807) is 0 Å². The number of ether oxygens (including phenoxy) is 1. The molecule has 0 fully saturated rings. The Hall–Kier alpha value is -1.70. The van der Waals surface area contributed by atoms with Gasteiger partial charge < -0.3 is 10.1 Å². The summed E-state index contributed by atoms with van der Waals surface area (Å²) in [6, 6.07) is 6.50. The molecule has 0 aliphatic carbocycles. The average Bonchev–Trinajstić information content (AvgIpc) is 2.40. The molecule has 0 spiro atoms. The molecule has 0 saturated carbocycles. The molecule has 1 aromatic carbocycles. The number of rotatable bonds is 4. The van der Waals surface area contributed by atoms with Crippen LogP contribution in [0, 0.1) is 6.92 Å². The number of hydrogen-bond donors (Lipinski definition) is 1. The Kier molecular flexibility index (Phi) is 4.67. The quantitative estimate of drug-likeness (QED) is 0.869. The summed E-state index contributed by atoms with van der Waals surface area (Å²) in [6.07, 6.45) is 8.23. The zero-order valence-electron chi connectivity index (χ0n) is 12.1. The van der Waals surface area contributed by atoms with E-state index in [9.17, 15) is 0 Å². The minimum Gasteiger partial charge on any atom is -0.493 e. The molecule has 1 atom stereocenters. The van der Waals surface area contributed by atoms with Crippen LogP contribution in [-0.4, -0.2) is 6.61 Å². The van der Waals surface area contributed by atoms with Gasteiger partial charge in [-0.2, -0.15) is 0 Å². The van der Waals surface area contributed by atoms with Gasteiger partial charge in [0, 0.05) is 0 Å². The second kappa shape index (κ2) is 6.46. The molecule has 0 amide bonds. The Labute approximate surface area is 116 Å². The molecule has 0 radical (unpaired) electrons. The molecule has 2 heteroatoms. The molecule has 1 aromatic rings. The van der Waals surface area contributed by atoms with Crippen LogP contribution in [0.15, 0.2) is 42.2 Å². The van der Waals surface area contributed by atoms with Gasteiger partial charge in [0.1, 0.15) is 5.75 Å². The lowest BCUT2D eigenvalue weighted by Crippen LogP contribution is -2.15. The maximum absolute atomic E-state index is 5.74. The van der Waals surface area contributed by atoms with Gasteiger partial charge in [0.15, 0.2) is 0 Å². The zero-order valence-corrected chi connectivity index (χ0v) is 12.1. The number of benzene rings is 1. The number of allylic oxidation sites excluding steroid dienone is 2. The standard InChI is InChI=1S/C17H23NO/c1-4-8-18-12-14(3)10-15-7-9-19-17-6-5-13(2)11-16(15)17/h4-6,8,11-12,15,18H,7,9-10H2,1-3H3/b8-4-,14-12+. The average molecular weight is 257 g/mol. The second-order valence-electron chi connectivity index (χ2n) is 5.24. The van der Waals surface area contributed by atoms with Gasteiger partial charge in [-0.15, -0.1) is 0 Å². The van der Waals surface area contributed by atoms with Crippen LogP contribution < -0.4 is 10.1 Å². The minimum atomic E-state index is 0.576. The van der Waals surface area contributed by atoms with E-state index in [0.29, 0.717) is 5.92 Å². The van der Waals surface area contributed by atoms with Crippen molar-refractivity contribution in [1.29, 1.82) is 0 Å². The molecule has 0 bridgehead atoms. The first-order chi connectivity index (χ1) is 9.20. The largest absolute Gasteiger partial charge is 0.493 e. The molecule has 1 unspecified atom stereocenters. The predicted molar refractivity (Wildman–Crippen MR) is 80.4 cm³/mol. The van der Waals surface area contributed by atoms with Gasteiger partial charge in [-0.3, -0.25) is 0 Å². The molecule has 1 heterocycles. The zero-order chi connectivity index (χ0) is 13.7. The lowest BCUT2D eigenvalue weighted by molar-refractivity contribution is 0.266. The predicted octanol–water partition coefficient (Wildman–Crippen LogP) is 4.28. The van der Waals surface area contributed by atoms with E-state index < -0.39 is 0 Å². The Bertz CT molecular complexity index is 488. The number of aryl methyl sites for hydroxylation is 1. The second-order valence-corrected chi connectivity index (χ2v) is 5.24. The highest BCUT2D eigenvalue weighted by atomic mass is 16.5. The van der Waals surface area contributed by atoms with E-state index in [0.717, 1.165) is 25.2 Å². The molecule has 1 N–H and O–H groups in total. The van der Waals surface area contributed by atoms with Gasteiger partial charge in [0.05, 0.1) is 6.61 Å². The van der Waals surface area contributed by atoms with Crippen molar-refractivity contribution in [3.63, 3.8) is 0 Å². The Morgan fingerprint density at radius 1 is 1.47 bits per heavy atom. The topological polar surface area (TPSA) is 21.3 Å². The summed E-state index contributed by atoms with van der Waals surface area (Å²) in [5, 5.41) is 3.19. The van der Waals surface area contributed by atoms with E-state index in [-0.39, 0.29) is 0 Å². The Morgan fingerprint density at radius 3 is 3.11 bits per heavy atom. The Balaban J connectivity index is 2.10. The molecule has 0 aromatic heterocycles. The summed E-state index contributed by atoms with van der Waals surface area (Å²) in [5.41, 5.74) is 4.05. The third kappa shape index (κ3) is 3.63. The first kappa shape index (κ1) is 13.7. The fourth-order valence-electron chi connectivity index (χ4n) is 2.53. The van der Waals surface area contributed by atoms with E-state index in [2.05, 4.69) is 43.6 Å². The van der Waals surface area contributed by atoms with Gasteiger partial charge in [-0.1, -0.05) is 29.3 Å². The van der Waals surface area contributed by atoms with Gasteiger partial charge >= 0.3 is 0 Å². The fourth-order valence-corrected chi connectivity index (χ4v) is 2.53. The number of nitrogens with one attached hydrogen (secondary N) is 1. The smallest absolute Gasteiger partial charge is 0.122 e. The van der Waals surface area contributed by atoms with Crippen LogP contribution in [0.25, 0.3) is 0 Å². The molecule has 0 saturated heterocycles. The lowest BCUT2D eigenvalue weighted by atomic mass is 9.87. The molecule has 1 aliphatic heterocycles. The normalized spacial score (nSPS) is 19.1. The summed E-state index contributed by atoms with van der Waals surface area (Å²) in [4.78, 5) is 0. The molecule has 1 aliphatic rings. The van der Waals surface area contributed by atoms with Crippen molar-refractivity contribution in [3.05, 3.63) is 53.4 Å². The fraction of sp³-hybridized carbons (Fsp3) is 0.412. The first-order valence-corrected chi connectivity index (χ1v) is 6.97. The van der Waals surface area contributed by atoms with Crippen LogP contribution in [0.3, 0.4) is 0 Å². The van der Waals surface area contributed by atoms with Gasteiger partial charge in [0.25, 0.3) is 0 Å². The third-order valence-electron chi connectivity index (χ3n) is 3.49. The maximum Gasteiger partial charge on any atom is 0.122 e. The van der Waals surface area contributed by atoms with E-state index in [4.69, 9.17) is 4.74 Å². The van der Waals surface area contributed by atoms with Crippen molar-refractivity contribution < 1.29 is 4.74 Å². The van der Waals surface area contributed by atoms with Crippen molar-refractivity contribution in [1.82, 2.24) is 5.32 Å². The molecule has 2 nitrogen and oxygen atoms in total. The van der Waals surface area contributed by atoms with Gasteiger partial charge in [0.2, 0.25) is 0 Å². The lowest BCUT2D eigenvalue weighted by Gasteiger charge is -2.26. The van der Waals surface area contributed by atoms with Crippen molar-refractivity contribution in [2.45, 2.75) is 39.5 Å². The molecule has 102 valence electrons. The Morgan fingerprint density at radius 2 is 2.32 bits per heavy atom. The number of hydrogen-bond acceptors (Lipinski definition) is 2. The monoisotopic (exact) mass is 257 g/mol. The minimum absolute atomic E-state index is 0.576. The van der Waals surface area contributed by atoms with Gasteiger partial charge in [-0.05, 0) is 63.6 Å². The highest BCUT2D eigenvalue weighted by Crippen LogP contribution is 2.37. The SMILES string of the molecule is C/C=C\N/C=C(\C)CC1CCOc2ccc(C)cc21. The van der Waals surface area contributed by atoms with Crippen LogP contribution in [0.5, 0.6) is 5.75 Å². The van der Waals surface area contributed by atoms with Crippen LogP contribution >= 0.6 is 0 Å². The van der Waals surface area contributed by atoms with Crippen molar-refractivity contribution in [2.75, 3.05) is 6.61 Å². The summed E-state index contributed by atoms with van der Waals surface area (Å²) in [5.74, 6) is 1.64. The highest BCUT2D eigenvalue weighted by molar-refractivity contribution is 5.41. The third-order valence-corrected chi connectivity index (χ3v) is 3.49. The summed E-state index contributed by atoms with van der Waals surface area (Å²) in [7, 11) is 0. The summed E-state index contributed by atoms with van der Waals surface area (Å²) in [6.45, 7) is 7.16. The van der Waals surface area contributed by atoms with Crippen LogP contribution in [-0.2, 0) is 0 Å². The molecule has 2 rings (SSSR count). The van der Waals surface area contributed by atoms with Crippen molar-refractivity contribution in [3.8, 4) is 5.75 Å². The van der Waals surface area contributed by atoms with Crippen LogP contribution in [0.2, 0.25) is 0 Å². The van der Waals surface area contributed by atoms with Gasteiger partial charge in [-0.25, -0.2) is 0 Å². The molecular weight excluding hydrogens is 234 g/mol. The van der Waals surface area contributed by atoms with E-state index in [1.807, 2.05) is 19.2 Å². The highest BCUT2D eigenvalue weighted by Gasteiger charge is 2.21. The van der Waals surface area contributed by atoms with E-state index in [1.165, 1.54) is 16.7 Å². The number of fused-ring (bicyclic) bond motifs is 1. The maximum atomic E-state index is 5.74. The van der Waals surface area contributed by atoms with Crippen LogP contribution in [0.1, 0.15) is 43.7 Å². The molecule has 19 heavy (non-hydrogen) atoms. The van der Waals surface area contributed by atoms with Crippen LogP contribution in [0.4, 0.5) is 0 Å². The van der Waals surface area contributed by atoms with Crippen molar-refractivity contribution >= 4 is 0 Å². The summed E-state index contributed by atoms with van der Waals surface area (Å²) < 4.78 is 5.74. The summed E-state index contributed by atoms with van der Waals surface area (Å²) >= 11 is 0. The van der Waals surface area contributed by atoms with Crippen molar-refractivity contribution in [2.24, 2.45) is 0 Å². The van der Waals surface area contributed by atoms with E-state index >= 15 is 0 Å². The first-order valence-electron chi connectivity index (χ1n) is 6.97.